The molecule has 4 heteroatoms. The van der Waals surface area contributed by atoms with Gasteiger partial charge in [-0.15, -0.1) is 0 Å². The molecular weight excluding hydrogens is 400 g/mol. The van der Waals surface area contributed by atoms with Gasteiger partial charge in [0.1, 0.15) is 11.6 Å². The predicted octanol–water partition coefficient (Wildman–Crippen LogP) is 6.74. The van der Waals surface area contributed by atoms with E-state index in [4.69, 9.17) is 0 Å². The first kappa shape index (κ1) is 27.9. The van der Waals surface area contributed by atoms with Gasteiger partial charge in [0.25, 0.3) is 0 Å². The quantitative estimate of drug-likeness (QED) is 0.297. The molecule has 3 unspecified atom stereocenters. The second kappa shape index (κ2) is 13.4. The maximum absolute atomic E-state index is 12.9. The van der Waals surface area contributed by atoms with Crippen LogP contribution in [0.5, 0.6) is 0 Å². The van der Waals surface area contributed by atoms with Crippen LogP contribution in [0.15, 0.2) is 12.1 Å². The summed E-state index contributed by atoms with van der Waals surface area (Å²) in [7, 11) is 0. The van der Waals surface area contributed by atoms with Gasteiger partial charge < -0.3 is 0 Å². The predicted molar refractivity (Wildman–Crippen MR) is 130 cm³/mol. The summed E-state index contributed by atoms with van der Waals surface area (Å²) in [4.78, 5) is 49.2. The third kappa shape index (κ3) is 7.50. The molecule has 4 nitrogen and oxygen atoms in total. The molecule has 0 N–H and O–H groups in total. The van der Waals surface area contributed by atoms with E-state index in [0.717, 1.165) is 36.0 Å². The van der Waals surface area contributed by atoms with Gasteiger partial charge in [0.2, 0.25) is 0 Å². The second-order valence-electron chi connectivity index (χ2n) is 9.39. The summed E-state index contributed by atoms with van der Waals surface area (Å²) < 4.78 is 0. The van der Waals surface area contributed by atoms with E-state index in [2.05, 4.69) is 20.8 Å². The number of hydrogen-bond donors (Lipinski definition) is 0. The van der Waals surface area contributed by atoms with E-state index in [0.29, 0.717) is 24.8 Å². The van der Waals surface area contributed by atoms with E-state index in [9.17, 15) is 19.2 Å². The van der Waals surface area contributed by atoms with Crippen molar-refractivity contribution in [1.29, 1.82) is 0 Å². The summed E-state index contributed by atoms with van der Waals surface area (Å²) in [5.74, 6) is 0.193. The molecule has 1 aliphatic rings. The molecule has 0 aliphatic heterocycles. The monoisotopic (exact) mass is 442 g/mol. The zero-order chi connectivity index (χ0) is 24.4. The minimum absolute atomic E-state index is 0.00116. The van der Waals surface area contributed by atoms with Gasteiger partial charge in [0, 0.05) is 23.5 Å². The first-order valence-electron chi connectivity index (χ1n) is 12.3. The number of carbonyl (C=O) groups excluding carboxylic acids is 4. The van der Waals surface area contributed by atoms with Crippen LogP contribution in [0.4, 0.5) is 0 Å². The first-order valence-corrected chi connectivity index (χ1v) is 12.3. The third-order valence-corrected chi connectivity index (χ3v) is 6.29. The molecule has 0 amide bonds. The average Bonchev–Trinajstić information content (AvgIpc) is 2.68. The Bertz CT molecular complexity index is 821. The number of benzene rings is 1. The smallest absolute Gasteiger partial charge is 0.163 e. The highest BCUT2D eigenvalue weighted by molar-refractivity contribution is 6.05. The van der Waals surface area contributed by atoms with Crippen LogP contribution in [0.25, 0.3) is 0 Å². The van der Waals surface area contributed by atoms with Crippen molar-refractivity contribution >= 4 is 23.1 Å². The number of Topliss-reactive ketones (excluding diaryl/α,β-unsaturated/α-hetero) is 4. The second-order valence-corrected chi connectivity index (χ2v) is 9.39. The van der Waals surface area contributed by atoms with Gasteiger partial charge in [-0.3, -0.25) is 19.2 Å². The Morgan fingerprint density at radius 2 is 1.66 bits per heavy atom. The molecule has 0 bridgehead atoms. The molecule has 178 valence electrons. The SMILES string of the molecule is CCC.CCCC(CC1CC(=O)c2c(C)ccc(C(C)=O)c2C1)C(CC)C(=O)CC(C)=O. The topological polar surface area (TPSA) is 68.3 Å². The molecule has 3 atom stereocenters. The lowest BCUT2D eigenvalue weighted by atomic mass is 9.71. The van der Waals surface area contributed by atoms with Crippen molar-refractivity contribution in [2.75, 3.05) is 0 Å². The van der Waals surface area contributed by atoms with E-state index in [-0.39, 0.29) is 47.3 Å². The summed E-state index contributed by atoms with van der Waals surface area (Å²) >= 11 is 0. The fraction of sp³-hybridized carbons (Fsp3) is 0.643. The van der Waals surface area contributed by atoms with Crippen molar-refractivity contribution in [3.63, 3.8) is 0 Å². The van der Waals surface area contributed by atoms with E-state index < -0.39 is 0 Å². The molecule has 0 radical (unpaired) electrons. The van der Waals surface area contributed by atoms with Crippen molar-refractivity contribution in [2.45, 2.75) is 99.8 Å². The Balaban J connectivity index is 0.00000161. The van der Waals surface area contributed by atoms with E-state index in [1.165, 1.54) is 13.3 Å². The van der Waals surface area contributed by atoms with Crippen LogP contribution in [0.1, 0.15) is 118 Å². The molecule has 1 aromatic carbocycles. The van der Waals surface area contributed by atoms with Gasteiger partial charge >= 0.3 is 0 Å². The highest BCUT2D eigenvalue weighted by atomic mass is 16.1. The van der Waals surface area contributed by atoms with Crippen LogP contribution in [0.3, 0.4) is 0 Å². The van der Waals surface area contributed by atoms with Crippen molar-refractivity contribution in [3.8, 4) is 0 Å². The highest BCUT2D eigenvalue weighted by Gasteiger charge is 2.34. The first-order chi connectivity index (χ1) is 15.1. The van der Waals surface area contributed by atoms with Crippen LogP contribution < -0.4 is 0 Å². The molecule has 0 spiro atoms. The summed E-state index contributed by atoms with van der Waals surface area (Å²) in [5, 5.41) is 0. The minimum Gasteiger partial charge on any atom is -0.300 e. The lowest BCUT2D eigenvalue weighted by molar-refractivity contribution is -0.129. The number of carbonyl (C=O) groups is 4. The molecule has 32 heavy (non-hydrogen) atoms. The fourth-order valence-electron chi connectivity index (χ4n) is 5.07. The molecule has 0 saturated heterocycles. The molecule has 1 aliphatic carbocycles. The highest BCUT2D eigenvalue weighted by Crippen LogP contribution is 2.37. The molecule has 1 aromatic rings. The summed E-state index contributed by atoms with van der Waals surface area (Å²) in [6.45, 7) is 13.3. The lowest BCUT2D eigenvalue weighted by Crippen LogP contribution is -2.30. The van der Waals surface area contributed by atoms with Crippen LogP contribution >= 0.6 is 0 Å². The van der Waals surface area contributed by atoms with Crippen molar-refractivity contribution in [3.05, 3.63) is 34.4 Å². The number of aryl methyl sites for hydroxylation is 1. The summed E-state index contributed by atoms with van der Waals surface area (Å²) in [6, 6.07) is 3.70. The molecular formula is C28H42O4. The maximum atomic E-state index is 12.9. The van der Waals surface area contributed by atoms with Gasteiger partial charge in [-0.2, -0.15) is 0 Å². The lowest BCUT2D eigenvalue weighted by Gasteiger charge is -2.32. The van der Waals surface area contributed by atoms with Crippen molar-refractivity contribution in [2.24, 2.45) is 17.8 Å². The van der Waals surface area contributed by atoms with Gasteiger partial charge in [0.15, 0.2) is 11.6 Å². The van der Waals surface area contributed by atoms with Crippen molar-refractivity contribution in [1.82, 2.24) is 0 Å². The fourth-order valence-corrected chi connectivity index (χ4v) is 5.07. The maximum Gasteiger partial charge on any atom is 0.163 e. The molecule has 0 heterocycles. The molecule has 0 aromatic heterocycles. The zero-order valence-corrected chi connectivity index (χ0v) is 21.2. The Morgan fingerprint density at radius 3 is 2.16 bits per heavy atom. The summed E-state index contributed by atoms with van der Waals surface area (Å²) in [6.07, 6.45) is 5.79. The Kier molecular flexibility index (Phi) is 11.7. The van der Waals surface area contributed by atoms with Crippen LogP contribution in [-0.2, 0) is 16.0 Å². The third-order valence-electron chi connectivity index (χ3n) is 6.29. The molecule has 2 rings (SSSR count). The molecule has 0 fully saturated rings. The Hall–Kier alpha value is -2.10. The molecule has 0 saturated carbocycles. The summed E-state index contributed by atoms with van der Waals surface area (Å²) in [5.41, 5.74) is 3.19. The van der Waals surface area contributed by atoms with Gasteiger partial charge in [-0.05, 0) is 63.0 Å². The number of rotatable bonds is 10. The van der Waals surface area contributed by atoms with E-state index in [1.54, 1.807) is 6.92 Å². The van der Waals surface area contributed by atoms with E-state index >= 15 is 0 Å². The van der Waals surface area contributed by atoms with Crippen molar-refractivity contribution < 1.29 is 19.2 Å². The van der Waals surface area contributed by atoms with Crippen LogP contribution in [0, 0.1) is 24.7 Å². The normalized spacial score (nSPS) is 17.0. The number of fused-ring (bicyclic) bond motifs is 1. The van der Waals surface area contributed by atoms with Gasteiger partial charge in [-0.1, -0.05) is 59.1 Å². The van der Waals surface area contributed by atoms with E-state index in [1.807, 2.05) is 26.0 Å². The zero-order valence-electron chi connectivity index (χ0n) is 21.2. The van der Waals surface area contributed by atoms with Gasteiger partial charge in [0.05, 0.1) is 6.42 Å². The average molecular weight is 443 g/mol. The van der Waals surface area contributed by atoms with Crippen LogP contribution in [-0.4, -0.2) is 23.1 Å². The standard InChI is InChI=1S/C25H34O4.C3H8/c1-6-8-19(20(7-2)23(28)11-16(4)26)12-18-13-22-21(17(5)27)10-9-15(3)25(22)24(29)14-18;1-3-2/h9-10,18-20H,6-8,11-14H2,1-5H3;3H2,1-2H3. The van der Waals surface area contributed by atoms with Gasteiger partial charge in [-0.25, -0.2) is 0 Å². The number of ketones is 4. The largest absolute Gasteiger partial charge is 0.300 e. The Labute approximate surface area is 194 Å². The Morgan fingerprint density at radius 1 is 1.03 bits per heavy atom. The number of hydrogen-bond acceptors (Lipinski definition) is 4. The van der Waals surface area contributed by atoms with Crippen LogP contribution in [0.2, 0.25) is 0 Å². The minimum atomic E-state index is -0.139.